The lowest BCUT2D eigenvalue weighted by molar-refractivity contribution is -0.131. The molecule has 2 amide bonds. The Labute approximate surface area is 137 Å². The van der Waals surface area contributed by atoms with Crippen molar-refractivity contribution < 1.29 is 9.59 Å². The van der Waals surface area contributed by atoms with E-state index in [2.05, 4.69) is 5.32 Å². The summed E-state index contributed by atoms with van der Waals surface area (Å²) in [5, 5.41) is 2.86. The summed E-state index contributed by atoms with van der Waals surface area (Å²) in [6.45, 7) is 3.59. The van der Waals surface area contributed by atoms with Gasteiger partial charge in [0, 0.05) is 20.0 Å². The minimum atomic E-state index is -0.270. The van der Waals surface area contributed by atoms with Crippen LogP contribution in [0.1, 0.15) is 31.4 Å². The van der Waals surface area contributed by atoms with Gasteiger partial charge in [0.15, 0.2) is 0 Å². The summed E-state index contributed by atoms with van der Waals surface area (Å²) in [4.78, 5) is 25.6. The van der Waals surface area contributed by atoms with Gasteiger partial charge in [0.2, 0.25) is 11.8 Å². The van der Waals surface area contributed by atoms with Crippen molar-refractivity contribution in [3.63, 3.8) is 0 Å². The van der Waals surface area contributed by atoms with Gasteiger partial charge in [-0.05, 0) is 24.4 Å². The fourth-order valence-corrected chi connectivity index (χ4v) is 2.74. The highest BCUT2D eigenvalue weighted by atomic mass is 35.5. The van der Waals surface area contributed by atoms with Crippen molar-refractivity contribution in [2.45, 2.75) is 25.8 Å². The molecule has 1 heterocycles. The van der Waals surface area contributed by atoms with Crippen LogP contribution in [-0.4, -0.2) is 36.3 Å². The molecule has 0 aliphatic carbocycles. The van der Waals surface area contributed by atoms with Gasteiger partial charge in [-0.3, -0.25) is 9.59 Å². The summed E-state index contributed by atoms with van der Waals surface area (Å²) in [5.41, 5.74) is 6.61. The molecule has 1 saturated heterocycles. The highest BCUT2D eigenvalue weighted by Crippen LogP contribution is 2.21. The molecule has 0 bridgehead atoms. The number of rotatable bonds is 5. The van der Waals surface area contributed by atoms with Crippen LogP contribution in [0, 0.1) is 5.92 Å². The molecule has 1 aliphatic heterocycles. The number of carbonyl (C=O) groups excluding carboxylic acids is 2. The summed E-state index contributed by atoms with van der Waals surface area (Å²) in [5.74, 6) is 0.358. The fraction of sp³-hybridized carbons (Fsp3) is 0.500. The molecule has 3 N–H and O–H groups in total. The number of likely N-dealkylation sites (tertiary alicyclic amines) is 1. The average molecular weight is 326 g/mol. The molecular formula is C16H24ClN3O2. The Morgan fingerprint density at radius 2 is 2.05 bits per heavy atom. The third-order valence-electron chi connectivity index (χ3n) is 3.93. The molecule has 0 saturated carbocycles. The molecule has 0 spiro atoms. The maximum absolute atomic E-state index is 12.4. The van der Waals surface area contributed by atoms with Crippen LogP contribution in [0.5, 0.6) is 0 Å². The smallest absolute Gasteiger partial charge is 0.224 e. The van der Waals surface area contributed by atoms with E-state index in [-0.39, 0.29) is 30.3 Å². The van der Waals surface area contributed by atoms with Crippen molar-refractivity contribution in [3.05, 3.63) is 35.9 Å². The van der Waals surface area contributed by atoms with E-state index in [0.717, 1.165) is 25.1 Å². The van der Waals surface area contributed by atoms with E-state index >= 15 is 0 Å². The van der Waals surface area contributed by atoms with Crippen molar-refractivity contribution in [2.75, 3.05) is 19.6 Å². The predicted molar refractivity (Wildman–Crippen MR) is 88.6 cm³/mol. The number of nitrogens with zero attached hydrogens (tertiary/aromatic N) is 1. The minimum Gasteiger partial charge on any atom is -0.349 e. The molecule has 1 aromatic carbocycles. The zero-order valence-corrected chi connectivity index (χ0v) is 13.6. The SMILES string of the molecule is CC(=O)NC(CC(=O)N1CCC(CN)C1)c1ccccc1.Cl. The van der Waals surface area contributed by atoms with Gasteiger partial charge >= 0.3 is 0 Å². The third kappa shape index (κ3) is 5.00. The Morgan fingerprint density at radius 3 is 2.59 bits per heavy atom. The van der Waals surface area contributed by atoms with E-state index in [4.69, 9.17) is 5.73 Å². The van der Waals surface area contributed by atoms with Crippen molar-refractivity contribution in [2.24, 2.45) is 11.7 Å². The van der Waals surface area contributed by atoms with Crippen LogP contribution >= 0.6 is 12.4 Å². The van der Waals surface area contributed by atoms with E-state index in [1.165, 1.54) is 6.92 Å². The first kappa shape index (κ1) is 18.5. The highest BCUT2D eigenvalue weighted by molar-refractivity contribution is 5.85. The molecule has 2 unspecified atom stereocenters. The lowest BCUT2D eigenvalue weighted by Gasteiger charge is -2.22. The number of carbonyl (C=O) groups is 2. The van der Waals surface area contributed by atoms with Gasteiger partial charge in [-0.1, -0.05) is 30.3 Å². The van der Waals surface area contributed by atoms with Gasteiger partial charge < -0.3 is 16.0 Å². The Hall–Kier alpha value is -1.59. The second-order valence-electron chi connectivity index (χ2n) is 5.60. The molecule has 1 aromatic rings. The van der Waals surface area contributed by atoms with Gasteiger partial charge in [0.05, 0.1) is 12.5 Å². The van der Waals surface area contributed by atoms with Crippen molar-refractivity contribution >= 4 is 24.2 Å². The van der Waals surface area contributed by atoms with Crippen LogP contribution in [0.25, 0.3) is 0 Å². The summed E-state index contributed by atoms with van der Waals surface area (Å²) in [7, 11) is 0. The largest absolute Gasteiger partial charge is 0.349 e. The molecule has 0 radical (unpaired) electrons. The molecule has 6 heteroatoms. The Kier molecular flexibility index (Phi) is 7.35. The normalized spacial score (nSPS) is 18.5. The molecule has 1 aliphatic rings. The number of halogens is 1. The van der Waals surface area contributed by atoms with Crippen LogP contribution in [0.2, 0.25) is 0 Å². The topological polar surface area (TPSA) is 75.4 Å². The second-order valence-corrected chi connectivity index (χ2v) is 5.60. The Morgan fingerprint density at radius 1 is 1.36 bits per heavy atom. The van der Waals surface area contributed by atoms with Gasteiger partial charge in [0.1, 0.15) is 0 Å². The maximum atomic E-state index is 12.4. The van der Waals surface area contributed by atoms with Gasteiger partial charge in [-0.25, -0.2) is 0 Å². The van der Waals surface area contributed by atoms with Crippen LogP contribution < -0.4 is 11.1 Å². The van der Waals surface area contributed by atoms with Crippen LogP contribution in [0.3, 0.4) is 0 Å². The predicted octanol–water partition coefficient (Wildman–Crippen LogP) is 1.48. The van der Waals surface area contributed by atoms with E-state index in [1.54, 1.807) is 0 Å². The molecule has 122 valence electrons. The lowest BCUT2D eigenvalue weighted by Crippen LogP contribution is -2.35. The number of hydrogen-bond acceptors (Lipinski definition) is 3. The van der Waals surface area contributed by atoms with Gasteiger partial charge in [-0.2, -0.15) is 0 Å². The minimum absolute atomic E-state index is 0. The quantitative estimate of drug-likeness (QED) is 0.861. The summed E-state index contributed by atoms with van der Waals surface area (Å²) < 4.78 is 0. The number of hydrogen-bond donors (Lipinski definition) is 2. The summed E-state index contributed by atoms with van der Waals surface area (Å²) in [6, 6.07) is 9.33. The Balaban J connectivity index is 0.00000242. The molecule has 1 fully saturated rings. The standard InChI is InChI=1S/C16H23N3O2.ClH/c1-12(20)18-15(14-5-3-2-4-6-14)9-16(21)19-8-7-13(10-17)11-19;/h2-6,13,15H,7-11,17H2,1H3,(H,18,20);1H. The van der Waals surface area contributed by atoms with E-state index in [9.17, 15) is 9.59 Å². The molecule has 2 atom stereocenters. The molecule has 2 rings (SSSR count). The van der Waals surface area contributed by atoms with Crippen molar-refractivity contribution in [3.8, 4) is 0 Å². The first-order valence-corrected chi connectivity index (χ1v) is 7.40. The number of amides is 2. The lowest BCUT2D eigenvalue weighted by atomic mass is 10.0. The van der Waals surface area contributed by atoms with E-state index in [1.807, 2.05) is 35.2 Å². The summed E-state index contributed by atoms with van der Waals surface area (Å²) >= 11 is 0. The van der Waals surface area contributed by atoms with Crippen molar-refractivity contribution in [1.82, 2.24) is 10.2 Å². The van der Waals surface area contributed by atoms with Crippen LogP contribution in [-0.2, 0) is 9.59 Å². The average Bonchev–Trinajstić information content (AvgIpc) is 2.96. The Bertz CT molecular complexity index is 495. The summed E-state index contributed by atoms with van der Waals surface area (Å²) in [6.07, 6.45) is 1.26. The first-order chi connectivity index (χ1) is 10.1. The third-order valence-corrected chi connectivity index (χ3v) is 3.93. The zero-order valence-electron chi connectivity index (χ0n) is 12.8. The number of nitrogens with one attached hydrogen (secondary N) is 1. The second kappa shape index (κ2) is 8.76. The molecule has 0 aromatic heterocycles. The molecule has 5 nitrogen and oxygen atoms in total. The number of nitrogens with two attached hydrogens (primary N) is 1. The van der Waals surface area contributed by atoms with Gasteiger partial charge in [0.25, 0.3) is 0 Å². The highest BCUT2D eigenvalue weighted by Gasteiger charge is 2.27. The molecular weight excluding hydrogens is 302 g/mol. The first-order valence-electron chi connectivity index (χ1n) is 7.40. The monoisotopic (exact) mass is 325 g/mol. The molecule has 22 heavy (non-hydrogen) atoms. The van der Waals surface area contributed by atoms with E-state index in [0.29, 0.717) is 18.9 Å². The van der Waals surface area contributed by atoms with Crippen molar-refractivity contribution in [1.29, 1.82) is 0 Å². The zero-order chi connectivity index (χ0) is 15.2. The van der Waals surface area contributed by atoms with Crippen LogP contribution in [0.15, 0.2) is 30.3 Å². The number of benzene rings is 1. The van der Waals surface area contributed by atoms with Crippen LogP contribution in [0.4, 0.5) is 0 Å². The van der Waals surface area contributed by atoms with E-state index < -0.39 is 0 Å². The maximum Gasteiger partial charge on any atom is 0.224 e. The van der Waals surface area contributed by atoms with Gasteiger partial charge in [-0.15, -0.1) is 12.4 Å². The fourth-order valence-electron chi connectivity index (χ4n) is 2.74.